The molecule has 0 bridgehead atoms. The van der Waals surface area contributed by atoms with E-state index in [4.69, 9.17) is 4.74 Å². The van der Waals surface area contributed by atoms with Gasteiger partial charge in [-0.05, 0) is 46.2 Å². The summed E-state index contributed by atoms with van der Waals surface area (Å²) in [6.07, 6.45) is 0. The van der Waals surface area contributed by atoms with E-state index in [1.54, 1.807) is 11.3 Å². The second-order valence-electron chi connectivity index (χ2n) is 6.83. The highest BCUT2D eigenvalue weighted by atomic mass is 32.1. The van der Waals surface area contributed by atoms with E-state index in [1.807, 2.05) is 6.92 Å². The van der Waals surface area contributed by atoms with Gasteiger partial charge in [-0.15, -0.1) is 11.3 Å². The third-order valence-electron chi connectivity index (χ3n) is 4.44. The minimum atomic E-state index is -0.109. The van der Waals surface area contributed by atoms with Crippen LogP contribution in [0.5, 0.6) is 0 Å². The van der Waals surface area contributed by atoms with Gasteiger partial charge in [-0.2, -0.15) is 0 Å². The Kier molecular flexibility index (Phi) is 6.06. The Hall–Kier alpha value is -1.11. The first-order valence-electron chi connectivity index (χ1n) is 8.23. The first-order chi connectivity index (χ1) is 10.8. The summed E-state index contributed by atoms with van der Waals surface area (Å²) in [4.78, 5) is 17.1. The number of hydrogen-bond donors (Lipinski definition) is 2. The summed E-state index contributed by atoms with van der Waals surface area (Å²) in [6, 6.07) is 2.07. The minimum absolute atomic E-state index is 0.0199. The van der Waals surface area contributed by atoms with Gasteiger partial charge in [0, 0.05) is 34.9 Å². The first-order valence-corrected chi connectivity index (χ1v) is 9.05. The van der Waals surface area contributed by atoms with E-state index in [1.165, 1.54) is 15.3 Å². The highest BCUT2D eigenvalue weighted by Gasteiger charge is 2.28. The van der Waals surface area contributed by atoms with E-state index in [0.29, 0.717) is 6.54 Å². The van der Waals surface area contributed by atoms with Crippen molar-refractivity contribution in [2.75, 3.05) is 32.8 Å². The van der Waals surface area contributed by atoms with Crippen LogP contribution in [0.25, 0.3) is 0 Å². The normalized spacial score (nSPS) is 17.8. The van der Waals surface area contributed by atoms with Crippen LogP contribution >= 0.6 is 11.3 Å². The van der Waals surface area contributed by atoms with Crippen molar-refractivity contribution < 1.29 is 9.53 Å². The van der Waals surface area contributed by atoms with Gasteiger partial charge in [0.25, 0.3) is 0 Å². The van der Waals surface area contributed by atoms with Crippen molar-refractivity contribution in [1.29, 1.82) is 0 Å². The Morgan fingerprint density at radius 2 is 2.04 bits per heavy atom. The van der Waals surface area contributed by atoms with Crippen LogP contribution in [0, 0.1) is 13.8 Å². The predicted octanol–water partition coefficient (Wildman–Crippen LogP) is 2.84. The van der Waals surface area contributed by atoms with Crippen molar-refractivity contribution >= 4 is 17.4 Å². The predicted molar refractivity (Wildman–Crippen MR) is 95.2 cm³/mol. The van der Waals surface area contributed by atoms with Gasteiger partial charge in [-0.25, -0.2) is 4.79 Å². The van der Waals surface area contributed by atoms with E-state index >= 15 is 0 Å². The molecule has 1 fully saturated rings. The molecule has 1 aromatic heterocycles. The first kappa shape index (κ1) is 18.2. The number of thiophene rings is 1. The van der Waals surface area contributed by atoms with Gasteiger partial charge in [-0.1, -0.05) is 0 Å². The standard InChI is InChI=1S/C17H29N3O2S/c1-12-10-15(14(3)23-12)13(2)19-16(21)18-11-17(4,5)20-6-8-22-9-7-20/h10,13H,6-9,11H2,1-5H3,(H2,18,19,21). The van der Waals surface area contributed by atoms with Gasteiger partial charge < -0.3 is 15.4 Å². The van der Waals surface area contributed by atoms with Crippen molar-refractivity contribution in [1.82, 2.24) is 15.5 Å². The smallest absolute Gasteiger partial charge is 0.315 e. The van der Waals surface area contributed by atoms with Gasteiger partial charge in [0.1, 0.15) is 0 Å². The molecule has 1 aromatic rings. The van der Waals surface area contributed by atoms with Crippen LogP contribution < -0.4 is 10.6 Å². The lowest BCUT2D eigenvalue weighted by Crippen LogP contribution is -2.56. The molecular formula is C17H29N3O2S. The van der Waals surface area contributed by atoms with Gasteiger partial charge in [0.2, 0.25) is 0 Å². The summed E-state index contributed by atoms with van der Waals surface area (Å²) in [7, 11) is 0. The average Bonchev–Trinajstić information content (AvgIpc) is 2.85. The maximum Gasteiger partial charge on any atom is 0.315 e. The van der Waals surface area contributed by atoms with Crippen LogP contribution in [0.15, 0.2) is 6.07 Å². The molecule has 0 aliphatic carbocycles. The molecule has 23 heavy (non-hydrogen) atoms. The molecule has 130 valence electrons. The second kappa shape index (κ2) is 7.64. The van der Waals surface area contributed by atoms with Crippen LogP contribution in [0.2, 0.25) is 0 Å². The number of morpholine rings is 1. The number of urea groups is 1. The third-order valence-corrected chi connectivity index (χ3v) is 5.42. The average molecular weight is 340 g/mol. The molecule has 2 amide bonds. The van der Waals surface area contributed by atoms with Crippen LogP contribution in [-0.2, 0) is 4.74 Å². The molecule has 1 aliphatic rings. The highest BCUT2D eigenvalue weighted by molar-refractivity contribution is 7.12. The minimum Gasteiger partial charge on any atom is -0.379 e. The number of carbonyl (C=O) groups is 1. The molecule has 0 radical (unpaired) electrons. The third kappa shape index (κ3) is 4.93. The maximum absolute atomic E-state index is 12.2. The van der Waals surface area contributed by atoms with Crippen LogP contribution in [0.4, 0.5) is 4.79 Å². The molecule has 1 saturated heterocycles. The van der Waals surface area contributed by atoms with Crippen LogP contribution in [-0.4, -0.2) is 49.3 Å². The molecule has 0 aromatic carbocycles. The number of hydrogen-bond acceptors (Lipinski definition) is 4. The SMILES string of the molecule is Cc1cc(C(C)NC(=O)NCC(C)(C)N2CCOCC2)c(C)s1. The molecule has 1 aliphatic heterocycles. The zero-order valence-electron chi connectivity index (χ0n) is 14.9. The number of ether oxygens (including phenoxy) is 1. The summed E-state index contributed by atoms with van der Waals surface area (Å²) in [5.41, 5.74) is 1.13. The lowest BCUT2D eigenvalue weighted by molar-refractivity contribution is -0.00876. The van der Waals surface area contributed by atoms with Crippen LogP contribution in [0.1, 0.15) is 42.1 Å². The Morgan fingerprint density at radius 1 is 1.39 bits per heavy atom. The number of carbonyl (C=O) groups excluding carboxylic acids is 1. The van der Waals surface area contributed by atoms with E-state index in [0.717, 1.165) is 26.3 Å². The molecule has 0 saturated carbocycles. The summed E-state index contributed by atoms with van der Waals surface area (Å²) >= 11 is 1.77. The van der Waals surface area contributed by atoms with Gasteiger partial charge >= 0.3 is 6.03 Å². The fourth-order valence-electron chi connectivity index (χ4n) is 2.98. The monoisotopic (exact) mass is 339 g/mol. The van der Waals surface area contributed by atoms with Crippen molar-refractivity contribution in [3.8, 4) is 0 Å². The van der Waals surface area contributed by atoms with Crippen LogP contribution in [0.3, 0.4) is 0 Å². The molecule has 0 spiro atoms. The van der Waals surface area contributed by atoms with E-state index in [2.05, 4.69) is 49.3 Å². The Bertz CT molecular complexity index is 536. The lowest BCUT2D eigenvalue weighted by Gasteiger charge is -2.40. The van der Waals surface area contributed by atoms with E-state index in [-0.39, 0.29) is 17.6 Å². The van der Waals surface area contributed by atoms with Gasteiger partial charge in [0.15, 0.2) is 0 Å². The Morgan fingerprint density at radius 3 is 2.61 bits per heavy atom. The second-order valence-corrected chi connectivity index (χ2v) is 8.29. The van der Waals surface area contributed by atoms with Crippen molar-refractivity contribution in [2.24, 2.45) is 0 Å². The maximum atomic E-state index is 12.2. The van der Waals surface area contributed by atoms with Crippen molar-refractivity contribution in [3.63, 3.8) is 0 Å². The molecule has 5 nitrogen and oxygen atoms in total. The Labute approximate surface area is 143 Å². The molecule has 2 heterocycles. The largest absolute Gasteiger partial charge is 0.379 e. The molecule has 1 atom stereocenters. The number of nitrogens with zero attached hydrogens (tertiary/aromatic N) is 1. The highest BCUT2D eigenvalue weighted by Crippen LogP contribution is 2.26. The topological polar surface area (TPSA) is 53.6 Å². The fraction of sp³-hybridized carbons (Fsp3) is 0.706. The van der Waals surface area contributed by atoms with Gasteiger partial charge in [-0.3, -0.25) is 4.90 Å². The summed E-state index contributed by atoms with van der Waals surface area (Å²) in [5.74, 6) is 0. The Balaban J connectivity index is 1.83. The van der Waals surface area contributed by atoms with E-state index in [9.17, 15) is 4.79 Å². The lowest BCUT2D eigenvalue weighted by atomic mass is 10.0. The molecule has 2 N–H and O–H groups in total. The quantitative estimate of drug-likeness (QED) is 0.867. The van der Waals surface area contributed by atoms with Crippen molar-refractivity contribution in [3.05, 3.63) is 21.4 Å². The van der Waals surface area contributed by atoms with E-state index < -0.39 is 0 Å². The molecule has 1 unspecified atom stereocenters. The zero-order chi connectivity index (χ0) is 17.0. The van der Waals surface area contributed by atoms with Crippen molar-refractivity contribution in [2.45, 2.75) is 46.2 Å². The number of amides is 2. The number of nitrogens with one attached hydrogen (secondary N) is 2. The fourth-order valence-corrected chi connectivity index (χ4v) is 4.01. The summed E-state index contributed by atoms with van der Waals surface area (Å²) in [5, 5.41) is 6.06. The number of rotatable bonds is 5. The summed E-state index contributed by atoms with van der Waals surface area (Å²) < 4.78 is 5.39. The molecule has 2 rings (SSSR count). The zero-order valence-corrected chi connectivity index (χ0v) is 15.7. The number of aryl methyl sites for hydroxylation is 2. The van der Waals surface area contributed by atoms with Gasteiger partial charge in [0.05, 0.1) is 19.3 Å². The summed E-state index contributed by atoms with van der Waals surface area (Å²) in [6.45, 7) is 14.5. The molecular weight excluding hydrogens is 310 g/mol. The molecule has 6 heteroatoms.